The third-order valence-electron chi connectivity index (χ3n) is 6.37. The summed E-state index contributed by atoms with van der Waals surface area (Å²) in [5, 5.41) is 10.0. The third-order valence-corrected chi connectivity index (χ3v) is 6.58. The Hall–Kier alpha value is -3.52. The van der Waals surface area contributed by atoms with E-state index in [-0.39, 0.29) is 28.3 Å². The molecule has 176 valence electrons. The second kappa shape index (κ2) is 8.06. The van der Waals surface area contributed by atoms with Crippen LogP contribution in [0.2, 0.25) is 5.15 Å². The Balaban J connectivity index is 1.39. The summed E-state index contributed by atoms with van der Waals surface area (Å²) in [6, 6.07) is 8.12. The number of aryl methyl sites for hydroxylation is 1. The average Bonchev–Trinajstić information content (AvgIpc) is 3.34. The number of rotatable bonds is 3. The predicted octanol–water partition coefficient (Wildman–Crippen LogP) is 3.32. The quantitative estimate of drug-likeness (QED) is 0.520. The van der Waals surface area contributed by atoms with Gasteiger partial charge >= 0.3 is 6.36 Å². The van der Waals surface area contributed by atoms with Gasteiger partial charge in [-0.1, -0.05) is 11.6 Å². The van der Waals surface area contributed by atoms with Crippen LogP contribution < -0.4 is 20.1 Å². The fraction of sp³-hybridized carbons (Fsp3) is 0.364. The Morgan fingerprint density at radius 1 is 1.12 bits per heavy atom. The lowest BCUT2D eigenvalue weighted by Crippen LogP contribution is -2.32. The van der Waals surface area contributed by atoms with Crippen LogP contribution in [-0.4, -0.2) is 47.1 Å². The monoisotopic (exact) mass is 490 g/mol. The largest absolute Gasteiger partial charge is 0.573 e. The van der Waals surface area contributed by atoms with Gasteiger partial charge in [-0.3, -0.25) is 4.79 Å². The molecule has 0 spiro atoms. The minimum Gasteiger partial charge on any atom is -0.404 e. The summed E-state index contributed by atoms with van der Waals surface area (Å²) in [6.45, 7) is 2.49. The SMILES string of the molecule is Cn1c(=O)c(C#N)c(N2C[C@H]3CN(c4ccc(OC(F)(F)F)cn4)C[C@@H]3C2)c2nc(Cl)ccc21. The fourth-order valence-electron chi connectivity index (χ4n) is 4.89. The maximum absolute atomic E-state index is 12.8. The van der Waals surface area contributed by atoms with Crippen LogP contribution in [0.5, 0.6) is 5.75 Å². The zero-order valence-electron chi connectivity index (χ0n) is 17.9. The second-order valence-electron chi connectivity index (χ2n) is 8.43. The van der Waals surface area contributed by atoms with Crippen LogP contribution in [0.25, 0.3) is 11.0 Å². The zero-order valence-corrected chi connectivity index (χ0v) is 18.6. The molecule has 0 unspecified atom stereocenters. The van der Waals surface area contributed by atoms with Crippen molar-refractivity contribution in [2.45, 2.75) is 6.36 Å². The minimum absolute atomic E-state index is 0.0310. The van der Waals surface area contributed by atoms with E-state index in [9.17, 15) is 23.2 Å². The molecular formula is C22H18ClF3N6O2. The van der Waals surface area contributed by atoms with Crippen molar-refractivity contribution in [3.63, 3.8) is 0 Å². The van der Waals surface area contributed by atoms with Crippen molar-refractivity contribution in [1.82, 2.24) is 14.5 Å². The number of anilines is 2. The van der Waals surface area contributed by atoms with E-state index in [0.29, 0.717) is 48.7 Å². The molecule has 0 bridgehead atoms. The van der Waals surface area contributed by atoms with Gasteiger partial charge in [-0.2, -0.15) is 5.26 Å². The molecule has 2 atom stereocenters. The number of pyridine rings is 3. The van der Waals surface area contributed by atoms with E-state index in [1.54, 1.807) is 19.2 Å². The maximum Gasteiger partial charge on any atom is 0.573 e. The lowest BCUT2D eigenvalue weighted by atomic mass is 10.0. The number of nitriles is 1. The highest BCUT2D eigenvalue weighted by atomic mass is 35.5. The molecule has 0 N–H and O–H groups in total. The topological polar surface area (TPSA) is 87.3 Å². The number of fused-ring (bicyclic) bond motifs is 2. The average molecular weight is 491 g/mol. The second-order valence-corrected chi connectivity index (χ2v) is 8.82. The Bertz CT molecular complexity index is 1350. The molecule has 0 radical (unpaired) electrons. The maximum atomic E-state index is 12.8. The number of hydrogen-bond acceptors (Lipinski definition) is 7. The van der Waals surface area contributed by atoms with E-state index < -0.39 is 11.9 Å². The summed E-state index contributed by atoms with van der Waals surface area (Å²) in [5.41, 5.74) is 1.23. The number of hydrogen-bond donors (Lipinski definition) is 0. The molecule has 34 heavy (non-hydrogen) atoms. The Kier molecular flexibility index (Phi) is 5.28. The molecule has 3 aromatic heterocycles. The molecule has 3 aromatic rings. The lowest BCUT2D eigenvalue weighted by Gasteiger charge is -2.25. The predicted molar refractivity (Wildman–Crippen MR) is 119 cm³/mol. The summed E-state index contributed by atoms with van der Waals surface area (Å²) >= 11 is 6.13. The van der Waals surface area contributed by atoms with Crippen molar-refractivity contribution in [2.24, 2.45) is 18.9 Å². The van der Waals surface area contributed by atoms with E-state index in [0.717, 1.165) is 6.20 Å². The molecule has 0 aromatic carbocycles. The summed E-state index contributed by atoms with van der Waals surface area (Å²) in [5.74, 6) is 0.644. The molecule has 2 fully saturated rings. The highest BCUT2D eigenvalue weighted by Gasteiger charge is 2.42. The molecule has 8 nitrogen and oxygen atoms in total. The molecule has 5 rings (SSSR count). The minimum atomic E-state index is -4.76. The molecule has 2 saturated heterocycles. The number of alkyl halides is 3. The van der Waals surface area contributed by atoms with Crippen molar-refractivity contribution < 1.29 is 17.9 Å². The van der Waals surface area contributed by atoms with Crippen molar-refractivity contribution in [2.75, 3.05) is 36.0 Å². The molecular weight excluding hydrogens is 473 g/mol. The fourth-order valence-corrected chi connectivity index (χ4v) is 5.04. The first kappa shape index (κ1) is 22.3. The van der Waals surface area contributed by atoms with E-state index in [1.807, 2.05) is 15.9 Å². The summed E-state index contributed by atoms with van der Waals surface area (Å²) in [6.07, 6.45) is -3.70. The Labute approximate surface area is 196 Å². The molecule has 0 saturated carbocycles. The van der Waals surface area contributed by atoms with Gasteiger partial charge in [0, 0.05) is 45.1 Å². The van der Waals surface area contributed by atoms with Crippen LogP contribution in [-0.2, 0) is 7.05 Å². The number of nitrogens with zero attached hydrogens (tertiary/aromatic N) is 6. The first-order chi connectivity index (χ1) is 16.1. The first-order valence-corrected chi connectivity index (χ1v) is 10.8. The highest BCUT2D eigenvalue weighted by Crippen LogP contribution is 2.39. The van der Waals surface area contributed by atoms with Crippen molar-refractivity contribution >= 4 is 34.1 Å². The normalized spacial score (nSPS) is 20.0. The number of aromatic nitrogens is 3. The van der Waals surface area contributed by atoms with Crippen molar-refractivity contribution in [3.8, 4) is 11.8 Å². The standard InChI is InChI=1S/C22H18ClF3N6O2/c1-30-16-3-4-17(23)29-19(16)20(15(6-27)21(30)33)32-10-12-8-31(9-13(12)11-32)18-5-2-14(7-28-18)34-22(24,25)26/h2-5,7,12-13H,8-11H2,1H3/t12-,13-/m1/s1. The van der Waals surface area contributed by atoms with Gasteiger partial charge in [0.25, 0.3) is 5.56 Å². The van der Waals surface area contributed by atoms with E-state index >= 15 is 0 Å². The van der Waals surface area contributed by atoms with Gasteiger partial charge in [0.15, 0.2) is 0 Å². The van der Waals surface area contributed by atoms with Gasteiger partial charge in [-0.25, -0.2) is 9.97 Å². The van der Waals surface area contributed by atoms with Gasteiger partial charge < -0.3 is 19.1 Å². The molecule has 5 heterocycles. The molecule has 2 aliphatic rings. The summed E-state index contributed by atoms with van der Waals surface area (Å²) in [4.78, 5) is 25.4. The van der Waals surface area contributed by atoms with E-state index in [1.165, 1.54) is 16.7 Å². The third kappa shape index (κ3) is 3.88. The Morgan fingerprint density at radius 3 is 2.38 bits per heavy atom. The van der Waals surface area contributed by atoms with Gasteiger partial charge in [-0.05, 0) is 24.3 Å². The van der Waals surface area contributed by atoms with Gasteiger partial charge in [0.05, 0.1) is 17.4 Å². The van der Waals surface area contributed by atoms with Crippen LogP contribution in [0, 0.1) is 23.2 Å². The first-order valence-electron chi connectivity index (χ1n) is 10.5. The summed E-state index contributed by atoms with van der Waals surface area (Å²) in [7, 11) is 1.60. The number of ether oxygens (including phenoxy) is 1. The molecule has 0 amide bonds. The van der Waals surface area contributed by atoms with Crippen LogP contribution in [0.15, 0.2) is 35.3 Å². The van der Waals surface area contributed by atoms with E-state index in [2.05, 4.69) is 14.7 Å². The van der Waals surface area contributed by atoms with Gasteiger partial charge in [0.1, 0.15) is 33.9 Å². The molecule has 12 heteroatoms. The van der Waals surface area contributed by atoms with E-state index in [4.69, 9.17) is 11.6 Å². The molecule has 0 aliphatic carbocycles. The number of halogens is 4. The van der Waals surface area contributed by atoms with Crippen LogP contribution in [0.3, 0.4) is 0 Å². The van der Waals surface area contributed by atoms with Crippen LogP contribution in [0.1, 0.15) is 5.56 Å². The van der Waals surface area contributed by atoms with Gasteiger partial charge in [0.2, 0.25) is 0 Å². The molecule has 2 aliphatic heterocycles. The van der Waals surface area contributed by atoms with Gasteiger partial charge in [-0.15, -0.1) is 13.2 Å². The zero-order chi connectivity index (χ0) is 24.2. The summed E-state index contributed by atoms with van der Waals surface area (Å²) < 4.78 is 42.4. The van der Waals surface area contributed by atoms with Crippen LogP contribution >= 0.6 is 11.6 Å². The van der Waals surface area contributed by atoms with Crippen molar-refractivity contribution in [3.05, 3.63) is 51.5 Å². The Morgan fingerprint density at radius 2 is 1.79 bits per heavy atom. The lowest BCUT2D eigenvalue weighted by molar-refractivity contribution is -0.274. The highest BCUT2D eigenvalue weighted by molar-refractivity contribution is 6.29. The van der Waals surface area contributed by atoms with Crippen LogP contribution in [0.4, 0.5) is 24.7 Å². The van der Waals surface area contributed by atoms with Crippen molar-refractivity contribution in [1.29, 1.82) is 5.26 Å². The smallest absolute Gasteiger partial charge is 0.404 e.